The second-order valence-electron chi connectivity index (χ2n) is 3.58. The number of rotatable bonds is 2. The molecule has 1 aromatic heterocycles. The number of hydrogen-bond acceptors (Lipinski definition) is 3. The van der Waals surface area contributed by atoms with Crippen molar-refractivity contribution in [1.82, 2.24) is 14.8 Å². The fourth-order valence-electron chi connectivity index (χ4n) is 1.61. The van der Waals surface area contributed by atoms with Gasteiger partial charge in [0.1, 0.15) is 11.6 Å². The smallest absolute Gasteiger partial charge is 0.148 e. The third-order valence-electron chi connectivity index (χ3n) is 2.43. The second kappa shape index (κ2) is 4.23. The van der Waals surface area contributed by atoms with Crippen molar-refractivity contribution in [3.05, 3.63) is 40.4 Å². The first-order chi connectivity index (χ1) is 7.63. The maximum Gasteiger partial charge on any atom is 0.148 e. The van der Waals surface area contributed by atoms with E-state index in [4.69, 9.17) is 17.3 Å². The molecule has 0 bridgehead atoms. The molecule has 0 aliphatic rings. The lowest BCUT2D eigenvalue weighted by molar-refractivity contribution is 0.782. The van der Waals surface area contributed by atoms with Crippen molar-refractivity contribution in [3.8, 4) is 5.69 Å². The van der Waals surface area contributed by atoms with Crippen LogP contribution in [-0.2, 0) is 6.54 Å². The lowest BCUT2D eigenvalue weighted by Crippen LogP contribution is -2.09. The molecule has 0 fully saturated rings. The van der Waals surface area contributed by atoms with Crippen LogP contribution in [0.4, 0.5) is 0 Å². The van der Waals surface area contributed by atoms with Gasteiger partial charge in [-0.2, -0.15) is 5.10 Å². The normalized spacial score (nSPS) is 10.8. The van der Waals surface area contributed by atoms with Crippen LogP contribution >= 0.6 is 11.6 Å². The van der Waals surface area contributed by atoms with Gasteiger partial charge in [-0.1, -0.05) is 17.7 Å². The van der Waals surface area contributed by atoms with Crippen molar-refractivity contribution in [2.75, 3.05) is 0 Å². The predicted octanol–water partition coefficient (Wildman–Crippen LogP) is 2.00. The Morgan fingerprint density at radius 3 is 2.81 bits per heavy atom. The Hall–Kier alpha value is -1.39. The molecule has 84 valence electrons. The quantitative estimate of drug-likeness (QED) is 0.868. The van der Waals surface area contributed by atoms with Crippen molar-refractivity contribution in [2.45, 2.75) is 20.4 Å². The van der Waals surface area contributed by atoms with Crippen LogP contribution in [0.3, 0.4) is 0 Å². The number of nitrogens with zero attached hydrogens (tertiary/aromatic N) is 3. The molecule has 0 aliphatic heterocycles. The van der Waals surface area contributed by atoms with Gasteiger partial charge in [0.25, 0.3) is 0 Å². The van der Waals surface area contributed by atoms with Crippen LogP contribution in [0.5, 0.6) is 0 Å². The highest BCUT2D eigenvalue weighted by molar-refractivity contribution is 6.31. The average molecular weight is 237 g/mol. The molecular weight excluding hydrogens is 224 g/mol. The molecule has 2 N–H and O–H groups in total. The van der Waals surface area contributed by atoms with Gasteiger partial charge in [0.2, 0.25) is 0 Å². The van der Waals surface area contributed by atoms with Crippen LogP contribution in [0.25, 0.3) is 5.69 Å². The van der Waals surface area contributed by atoms with E-state index in [2.05, 4.69) is 10.1 Å². The Balaban J connectivity index is 2.62. The van der Waals surface area contributed by atoms with Gasteiger partial charge in [-0.15, -0.1) is 0 Å². The second-order valence-corrected chi connectivity index (χ2v) is 3.98. The minimum Gasteiger partial charge on any atom is -0.324 e. The molecule has 4 nitrogen and oxygen atoms in total. The summed E-state index contributed by atoms with van der Waals surface area (Å²) >= 11 is 6.07. The summed E-state index contributed by atoms with van der Waals surface area (Å²) < 4.78 is 1.75. The first-order valence-electron chi connectivity index (χ1n) is 5.01. The molecule has 0 aliphatic carbocycles. The number of nitrogens with two attached hydrogens (primary N) is 1. The van der Waals surface area contributed by atoms with E-state index in [0.29, 0.717) is 17.4 Å². The predicted molar refractivity (Wildman–Crippen MR) is 63.7 cm³/mol. The number of hydrogen-bond donors (Lipinski definition) is 1. The van der Waals surface area contributed by atoms with Crippen LogP contribution in [0.2, 0.25) is 5.02 Å². The van der Waals surface area contributed by atoms with E-state index < -0.39 is 0 Å². The summed E-state index contributed by atoms with van der Waals surface area (Å²) in [5, 5.41) is 5.04. The van der Waals surface area contributed by atoms with Gasteiger partial charge < -0.3 is 5.73 Å². The maximum atomic E-state index is 6.07. The molecule has 0 saturated carbocycles. The zero-order chi connectivity index (χ0) is 11.7. The summed E-state index contributed by atoms with van der Waals surface area (Å²) in [4.78, 5) is 4.26. The molecule has 5 heteroatoms. The van der Waals surface area contributed by atoms with E-state index in [9.17, 15) is 0 Å². The van der Waals surface area contributed by atoms with Gasteiger partial charge in [0.15, 0.2) is 0 Å². The van der Waals surface area contributed by atoms with Crippen molar-refractivity contribution < 1.29 is 0 Å². The number of aryl methyl sites for hydroxylation is 1. The first-order valence-corrected chi connectivity index (χ1v) is 5.39. The third-order valence-corrected chi connectivity index (χ3v) is 2.84. The zero-order valence-corrected chi connectivity index (χ0v) is 9.99. The molecule has 0 radical (unpaired) electrons. The van der Waals surface area contributed by atoms with Crippen LogP contribution in [0.1, 0.15) is 17.2 Å². The maximum absolute atomic E-state index is 6.07. The van der Waals surface area contributed by atoms with Crippen LogP contribution in [-0.4, -0.2) is 14.8 Å². The van der Waals surface area contributed by atoms with E-state index >= 15 is 0 Å². The lowest BCUT2D eigenvalue weighted by Gasteiger charge is -2.08. The molecule has 0 saturated heterocycles. The highest BCUT2D eigenvalue weighted by atomic mass is 35.5. The third kappa shape index (κ3) is 1.81. The average Bonchev–Trinajstić information content (AvgIpc) is 2.63. The molecule has 1 aromatic carbocycles. The minimum atomic E-state index is 0.354. The molecule has 0 unspecified atom stereocenters. The summed E-state index contributed by atoms with van der Waals surface area (Å²) in [6.45, 7) is 4.15. The molecule has 2 aromatic rings. The topological polar surface area (TPSA) is 56.7 Å². The lowest BCUT2D eigenvalue weighted by atomic mass is 10.2. The van der Waals surface area contributed by atoms with E-state index in [-0.39, 0.29) is 0 Å². The van der Waals surface area contributed by atoms with Crippen molar-refractivity contribution in [2.24, 2.45) is 5.73 Å². The van der Waals surface area contributed by atoms with Crippen molar-refractivity contribution >= 4 is 11.6 Å². The molecule has 1 heterocycles. The Morgan fingerprint density at radius 1 is 1.38 bits per heavy atom. The summed E-state index contributed by atoms with van der Waals surface area (Å²) in [6, 6.07) is 5.70. The van der Waals surface area contributed by atoms with Crippen molar-refractivity contribution in [1.29, 1.82) is 0 Å². The Bertz CT molecular complexity index is 519. The Kier molecular flexibility index (Phi) is 2.94. The van der Waals surface area contributed by atoms with E-state index in [1.807, 2.05) is 32.0 Å². The SMILES string of the molecule is Cc1nc(CN)n(-c2cccc(Cl)c2C)n1. The summed E-state index contributed by atoms with van der Waals surface area (Å²) in [7, 11) is 0. The summed E-state index contributed by atoms with van der Waals surface area (Å²) in [5.41, 5.74) is 7.53. The Labute approximate surface area is 99.1 Å². The fourth-order valence-corrected chi connectivity index (χ4v) is 1.78. The molecule has 0 spiro atoms. The van der Waals surface area contributed by atoms with Gasteiger partial charge in [0, 0.05) is 5.02 Å². The molecule has 0 atom stereocenters. The number of benzene rings is 1. The van der Waals surface area contributed by atoms with Crippen LogP contribution in [0.15, 0.2) is 18.2 Å². The van der Waals surface area contributed by atoms with Gasteiger partial charge in [-0.3, -0.25) is 0 Å². The first kappa shape index (κ1) is 11.1. The molecular formula is C11H13ClN4. The molecule has 0 amide bonds. The number of halogens is 1. The van der Waals surface area contributed by atoms with Gasteiger partial charge in [-0.25, -0.2) is 9.67 Å². The van der Waals surface area contributed by atoms with Gasteiger partial charge >= 0.3 is 0 Å². The standard InChI is InChI=1S/C11H13ClN4/c1-7-9(12)4-3-5-10(7)16-11(6-13)14-8(2)15-16/h3-5H,6,13H2,1-2H3. The highest BCUT2D eigenvalue weighted by Crippen LogP contribution is 2.22. The Morgan fingerprint density at radius 2 is 2.12 bits per heavy atom. The fraction of sp³-hybridized carbons (Fsp3) is 0.273. The van der Waals surface area contributed by atoms with Gasteiger partial charge in [-0.05, 0) is 31.5 Å². The van der Waals surface area contributed by atoms with E-state index in [0.717, 1.165) is 17.1 Å². The van der Waals surface area contributed by atoms with Crippen LogP contribution in [0, 0.1) is 13.8 Å². The van der Waals surface area contributed by atoms with E-state index in [1.54, 1.807) is 4.68 Å². The monoisotopic (exact) mass is 236 g/mol. The zero-order valence-electron chi connectivity index (χ0n) is 9.24. The summed E-state index contributed by atoms with van der Waals surface area (Å²) in [6.07, 6.45) is 0. The van der Waals surface area contributed by atoms with E-state index in [1.165, 1.54) is 0 Å². The summed E-state index contributed by atoms with van der Waals surface area (Å²) in [5.74, 6) is 1.45. The largest absolute Gasteiger partial charge is 0.324 e. The van der Waals surface area contributed by atoms with Crippen molar-refractivity contribution in [3.63, 3.8) is 0 Å². The number of aromatic nitrogens is 3. The molecule has 2 rings (SSSR count). The minimum absolute atomic E-state index is 0.354. The van der Waals surface area contributed by atoms with Crippen LogP contribution < -0.4 is 5.73 Å². The van der Waals surface area contributed by atoms with Gasteiger partial charge in [0.05, 0.1) is 12.2 Å². The highest BCUT2D eigenvalue weighted by Gasteiger charge is 2.11. The molecule has 16 heavy (non-hydrogen) atoms.